The summed E-state index contributed by atoms with van der Waals surface area (Å²) in [7, 11) is 0. The number of anilines is 1. The molecule has 0 unspecified atom stereocenters. The first kappa shape index (κ1) is 14.4. The highest BCUT2D eigenvalue weighted by atomic mass is 16.5. The topological polar surface area (TPSA) is 77.2 Å². The summed E-state index contributed by atoms with van der Waals surface area (Å²) in [5.74, 6) is 0.455. The fraction of sp³-hybridized carbons (Fsp3) is 0.538. The molecular formula is C13H21N3O2. The van der Waals surface area contributed by atoms with Gasteiger partial charge in [0.25, 0.3) is 0 Å². The summed E-state index contributed by atoms with van der Waals surface area (Å²) >= 11 is 0. The molecule has 0 spiro atoms. The van der Waals surface area contributed by atoms with E-state index in [1.165, 1.54) is 0 Å². The summed E-state index contributed by atoms with van der Waals surface area (Å²) in [5, 5.41) is 2.81. The van der Waals surface area contributed by atoms with Gasteiger partial charge in [0.15, 0.2) is 0 Å². The maximum atomic E-state index is 11.7. The number of carbonyl (C=O) groups excluding carboxylic acids is 1. The number of unbranched alkanes of at least 4 members (excludes halogenated alkanes) is 2. The van der Waals surface area contributed by atoms with Gasteiger partial charge in [-0.25, -0.2) is 4.98 Å². The standard InChI is InChI=1S/C13H21N3O2/c1-2-18-13-11(7-6-10-15-13)16-12(17)8-4-3-5-9-14/h6-7,10H,2-5,8-9,14H2,1H3,(H,16,17). The van der Waals surface area contributed by atoms with E-state index >= 15 is 0 Å². The zero-order valence-corrected chi connectivity index (χ0v) is 10.8. The third kappa shape index (κ3) is 5.14. The number of rotatable bonds is 8. The number of hydrogen-bond acceptors (Lipinski definition) is 4. The van der Waals surface area contributed by atoms with Crippen molar-refractivity contribution in [2.45, 2.75) is 32.6 Å². The lowest BCUT2D eigenvalue weighted by Crippen LogP contribution is -2.13. The van der Waals surface area contributed by atoms with Gasteiger partial charge < -0.3 is 15.8 Å². The van der Waals surface area contributed by atoms with E-state index in [2.05, 4.69) is 10.3 Å². The van der Waals surface area contributed by atoms with Crippen LogP contribution in [0.3, 0.4) is 0 Å². The van der Waals surface area contributed by atoms with E-state index in [0.717, 1.165) is 19.3 Å². The SMILES string of the molecule is CCOc1ncccc1NC(=O)CCCCCN. The van der Waals surface area contributed by atoms with Crippen molar-refractivity contribution in [3.63, 3.8) is 0 Å². The minimum atomic E-state index is -0.0130. The highest BCUT2D eigenvalue weighted by Crippen LogP contribution is 2.20. The molecule has 0 atom stereocenters. The molecule has 0 saturated heterocycles. The van der Waals surface area contributed by atoms with E-state index in [1.54, 1.807) is 18.3 Å². The van der Waals surface area contributed by atoms with Crippen LogP contribution in [0.5, 0.6) is 5.88 Å². The molecule has 18 heavy (non-hydrogen) atoms. The predicted octanol–water partition coefficient (Wildman–Crippen LogP) is 1.94. The molecule has 100 valence electrons. The number of ether oxygens (including phenoxy) is 1. The zero-order valence-electron chi connectivity index (χ0n) is 10.8. The largest absolute Gasteiger partial charge is 0.476 e. The minimum absolute atomic E-state index is 0.0130. The molecule has 0 aromatic carbocycles. The van der Waals surface area contributed by atoms with E-state index in [9.17, 15) is 4.79 Å². The molecule has 5 heteroatoms. The Labute approximate surface area is 108 Å². The Balaban J connectivity index is 2.43. The minimum Gasteiger partial charge on any atom is -0.476 e. The Hall–Kier alpha value is -1.62. The highest BCUT2D eigenvalue weighted by molar-refractivity contribution is 5.91. The van der Waals surface area contributed by atoms with Crippen molar-refractivity contribution in [1.29, 1.82) is 0 Å². The monoisotopic (exact) mass is 251 g/mol. The maximum Gasteiger partial charge on any atom is 0.237 e. The molecule has 0 aliphatic carbocycles. The van der Waals surface area contributed by atoms with Crippen LogP contribution < -0.4 is 15.8 Å². The van der Waals surface area contributed by atoms with Gasteiger partial charge in [0.1, 0.15) is 5.69 Å². The second kappa shape index (κ2) is 8.47. The Morgan fingerprint density at radius 2 is 2.28 bits per heavy atom. The molecule has 1 aromatic rings. The van der Waals surface area contributed by atoms with Crippen LogP contribution in [0.4, 0.5) is 5.69 Å². The van der Waals surface area contributed by atoms with E-state index in [4.69, 9.17) is 10.5 Å². The Morgan fingerprint density at radius 1 is 1.44 bits per heavy atom. The summed E-state index contributed by atoms with van der Waals surface area (Å²) in [6.07, 6.45) is 4.94. The average molecular weight is 251 g/mol. The van der Waals surface area contributed by atoms with Gasteiger partial charge in [-0.2, -0.15) is 0 Å². The Bertz CT molecular complexity index is 369. The molecule has 1 heterocycles. The van der Waals surface area contributed by atoms with E-state index in [-0.39, 0.29) is 5.91 Å². The van der Waals surface area contributed by atoms with Crippen LogP contribution in [0.2, 0.25) is 0 Å². The van der Waals surface area contributed by atoms with Crippen LogP contribution in [-0.2, 0) is 4.79 Å². The molecule has 0 saturated carbocycles. The normalized spacial score (nSPS) is 10.1. The van der Waals surface area contributed by atoms with Crippen LogP contribution in [0.25, 0.3) is 0 Å². The zero-order chi connectivity index (χ0) is 13.2. The van der Waals surface area contributed by atoms with Crippen LogP contribution in [-0.4, -0.2) is 24.0 Å². The lowest BCUT2D eigenvalue weighted by atomic mass is 10.2. The van der Waals surface area contributed by atoms with Crippen LogP contribution >= 0.6 is 0 Å². The molecule has 1 rings (SSSR count). The highest BCUT2D eigenvalue weighted by Gasteiger charge is 2.07. The summed E-state index contributed by atoms with van der Waals surface area (Å²) in [5.41, 5.74) is 6.02. The van der Waals surface area contributed by atoms with Crippen molar-refractivity contribution >= 4 is 11.6 Å². The van der Waals surface area contributed by atoms with Crippen molar-refractivity contribution < 1.29 is 9.53 Å². The first-order valence-corrected chi connectivity index (χ1v) is 6.35. The van der Waals surface area contributed by atoms with Gasteiger partial charge in [-0.05, 0) is 38.4 Å². The van der Waals surface area contributed by atoms with Gasteiger partial charge >= 0.3 is 0 Å². The molecular weight excluding hydrogens is 230 g/mol. The number of hydrogen-bond donors (Lipinski definition) is 2. The van der Waals surface area contributed by atoms with Gasteiger partial charge in [0, 0.05) is 12.6 Å². The second-order valence-corrected chi connectivity index (χ2v) is 3.94. The number of carbonyl (C=O) groups is 1. The first-order chi connectivity index (χ1) is 8.77. The average Bonchev–Trinajstić information content (AvgIpc) is 2.37. The first-order valence-electron chi connectivity index (χ1n) is 6.35. The second-order valence-electron chi connectivity index (χ2n) is 3.94. The van der Waals surface area contributed by atoms with Crippen molar-refractivity contribution in [2.24, 2.45) is 5.73 Å². The number of aromatic nitrogens is 1. The molecule has 0 bridgehead atoms. The third-order valence-corrected chi connectivity index (χ3v) is 2.43. The quantitative estimate of drug-likeness (QED) is 0.692. The molecule has 1 aromatic heterocycles. The lowest BCUT2D eigenvalue weighted by Gasteiger charge is -2.09. The summed E-state index contributed by atoms with van der Waals surface area (Å²) in [6, 6.07) is 3.56. The maximum absolute atomic E-state index is 11.7. The van der Waals surface area contributed by atoms with Crippen molar-refractivity contribution in [3.8, 4) is 5.88 Å². The van der Waals surface area contributed by atoms with E-state index < -0.39 is 0 Å². The summed E-state index contributed by atoms with van der Waals surface area (Å²) in [4.78, 5) is 15.8. The molecule has 0 radical (unpaired) electrons. The van der Waals surface area contributed by atoms with E-state index in [0.29, 0.717) is 31.1 Å². The smallest absolute Gasteiger partial charge is 0.237 e. The van der Waals surface area contributed by atoms with Gasteiger partial charge in [-0.3, -0.25) is 4.79 Å². The summed E-state index contributed by atoms with van der Waals surface area (Å²) in [6.45, 7) is 3.09. The van der Waals surface area contributed by atoms with Gasteiger partial charge in [-0.1, -0.05) is 6.42 Å². The van der Waals surface area contributed by atoms with Crippen LogP contribution in [0.1, 0.15) is 32.6 Å². The molecule has 0 aliphatic rings. The Morgan fingerprint density at radius 3 is 3.00 bits per heavy atom. The number of pyridine rings is 1. The van der Waals surface area contributed by atoms with Crippen LogP contribution in [0, 0.1) is 0 Å². The van der Waals surface area contributed by atoms with Gasteiger partial charge in [-0.15, -0.1) is 0 Å². The van der Waals surface area contributed by atoms with Gasteiger partial charge in [0.05, 0.1) is 6.61 Å². The molecule has 0 fully saturated rings. The molecule has 0 aliphatic heterocycles. The van der Waals surface area contributed by atoms with Crippen LogP contribution in [0.15, 0.2) is 18.3 Å². The number of amides is 1. The van der Waals surface area contributed by atoms with Crippen molar-refractivity contribution in [2.75, 3.05) is 18.5 Å². The number of nitrogens with zero attached hydrogens (tertiary/aromatic N) is 1. The number of nitrogens with one attached hydrogen (secondary N) is 1. The fourth-order valence-electron chi connectivity index (χ4n) is 1.56. The van der Waals surface area contributed by atoms with Crippen molar-refractivity contribution in [1.82, 2.24) is 4.98 Å². The predicted molar refractivity (Wildman–Crippen MR) is 71.6 cm³/mol. The number of nitrogens with two attached hydrogens (primary N) is 1. The van der Waals surface area contributed by atoms with E-state index in [1.807, 2.05) is 6.92 Å². The lowest BCUT2D eigenvalue weighted by molar-refractivity contribution is -0.116. The Kier molecular flexibility index (Phi) is 6.79. The molecule has 1 amide bonds. The fourth-order valence-corrected chi connectivity index (χ4v) is 1.56. The molecule has 5 nitrogen and oxygen atoms in total. The van der Waals surface area contributed by atoms with Gasteiger partial charge in [0.2, 0.25) is 11.8 Å². The van der Waals surface area contributed by atoms with Crippen molar-refractivity contribution in [3.05, 3.63) is 18.3 Å². The third-order valence-electron chi connectivity index (χ3n) is 2.43. The summed E-state index contributed by atoms with van der Waals surface area (Å²) < 4.78 is 5.34. The molecule has 3 N–H and O–H groups in total.